The van der Waals surface area contributed by atoms with Gasteiger partial charge in [-0.1, -0.05) is 48.5 Å². The summed E-state index contributed by atoms with van der Waals surface area (Å²) in [6.07, 6.45) is 0.585. The molecular formula is C19H23NO2. The van der Waals surface area contributed by atoms with Crippen LogP contribution in [0.25, 0.3) is 0 Å². The van der Waals surface area contributed by atoms with Gasteiger partial charge in [0.05, 0.1) is 17.3 Å². The van der Waals surface area contributed by atoms with E-state index < -0.39 is 0 Å². The van der Waals surface area contributed by atoms with Crippen LogP contribution in [0.5, 0.6) is 0 Å². The van der Waals surface area contributed by atoms with Crippen LogP contribution in [0.3, 0.4) is 0 Å². The van der Waals surface area contributed by atoms with Gasteiger partial charge in [-0.25, -0.2) is 9.90 Å². The fraction of sp³-hybridized carbons (Fsp3) is 0.368. The number of benzene rings is 2. The van der Waals surface area contributed by atoms with Crippen molar-refractivity contribution in [3.63, 3.8) is 0 Å². The molecule has 1 saturated heterocycles. The summed E-state index contributed by atoms with van der Waals surface area (Å²) in [5.41, 5.74) is 2.07. The topological polar surface area (TPSA) is 21.7 Å². The molecule has 0 N–H and O–H groups in total. The van der Waals surface area contributed by atoms with E-state index >= 15 is 0 Å². The van der Waals surface area contributed by atoms with Crippen LogP contribution in [0.15, 0.2) is 60.7 Å². The van der Waals surface area contributed by atoms with Crippen LogP contribution in [-0.2, 0) is 9.57 Å². The standard InChI is InChI=1S/C19H23NO2/c1-19(2,3)21-18-14-17(15-10-6-4-7-11-15)20(22-18)16-12-8-5-9-13-16/h4-13,17-18H,14H2,1-3H3/t17-,18+/m0/s1. The monoisotopic (exact) mass is 297 g/mol. The van der Waals surface area contributed by atoms with Crippen molar-refractivity contribution in [2.24, 2.45) is 0 Å². The first-order chi connectivity index (χ1) is 10.5. The molecule has 0 unspecified atom stereocenters. The van der Waals surface area contributed by atoms with Gasteiger partial charge >= 0.3 is 0 Å². The molecule has 2 atom stereocenters. The zero-order valence-corrected chi connectivity index (χ0v) is 13.4. The van der Waals surface area contributed by atoms with E-state index in [-0.39, 0.29) is 17.9 Å². The molecule has 0 spiro atoms. The van der Waals surface area contributed by atoms with Gasteiger partial charge in [0.15, 0.2) is 6.29 Å². The van der Waals surface area contributed by atoms with Crippen LogP contribution in [0.1, 0.15) is 38.8 Å². The first kappa shape index (κ1) is 15.1. The number of hydrogen-bond donors (Lipinski definition) is 0. The summed E-state index contributed by atoms with van der Waals surface area (Å²) in [5.74, 6) is 0. The number of hydroxylamine groups is 1. The predicted octanol–water partition coefficient (Wildman–Crippen LogP) is 4.71. The van der Waals surface area contributed by atoms with Crippen molar-refractivity contribution in [1.29, 1.82) is 0 Å². The fourth-order valence-electron chi connectivity index (χ4n) is 2.75. The largest absolute Gasteiger partial charge is 0.344 e. The summed E-state index contributed by atoms with van der Waals surface area (Å²) in [6, 6.07) is 20.8. The molecule has 22 heavy (non-hydrogen) atoms. The minimum atomic E-state index is -0.231. The minimum Gasteiger partial charge on any atom is -0.344 e. The molecule has 116 valence electrons. The maximum absolute atomic E-state index is 6.10. The number of rotatable bonds is 3. The first-order valence-electron chi connectivity index (χ1n) is 7.77. The van der Waals surface area contributed by atoms with Crippen molar-refractivity contribution in [1.82, 2.24) is 0 Å². The molecule has 1 fully saturated rings. The summed E-state index contributed by atoms with van der Waals surface area (Å²) >= 11 is 0. The van der Waals surface area contributed by atoms with E-state index in [1.807, 2.05) is 29.3 Å². The van der Waals surface area contributed by atoms with E-state index in [1.165, 1.54) is 5.56 Å². The zero-order valence-electron chi connectivity index (χ0n) is 13.4. The quantitative estimate of drug-likeness (QED) is 0.819. The lowest BCUT2D eigenvalue weighted by atomic mass is 10.0. The van der Waals surface area contributed by atoms with E-state index in [0.29, 0.717) is 0 Å². The number of anilines is 1. The molecule has 3 nitrogen and oxygen atoms in total. The molecule has 0 amide bonds. The Hall–Kier alpha value is -1.84. The number of ether oxygens (including phenoxy) is 1. The summed E-state index contributed by atoms with van der Waals surface area (Å²) in [4.78, 5) is 6.10. The number of hydrogen-bond acceptors (Lipinski definition) is 3. The van der Waals surface area contributed by atoms with Crippen LogP contribution in [-0.4, -0.2) is 11.9 Å². The lowest BCUT2D eigenvalue weighted by Crippen LogP contribution is -2.28. The van der Waals surface area contributed by atoms with Gasteiger partial charge < -0.3 is 4.74 Å². The first-order valence-corrected chi connectivity index (χ1v) is 7.77. The third-order valence-electron chi connectivity index (χ3n) is 3.61. The Morgan fingerprint density at radius 3 is 2.14 bits per heavy atom. The van der Waals surface area contributed by atoms with E-state index in [2.05, 4.69) is 57.2 Å². The summed E-state index contributed by atoms with van der Waals surface area (Å²) in [7, 11) is 0. The second-order valence-electron chi connectivity index (χ2n) is 6.59. The van der Waals surface area contributed by atoms with Crippen molar-refractivity contribution in [3.8, 4) is 0 Å². The average molecular weight is 297 g/mol. The molecule has 1 aliphatic rings. The van der Waals surface area contributed by atoms with Gasteiger partial charge in [-0.05, 0) is 38.5 Å². The van der Waals surface area contributed by atoms with Gasteiger partial charge in [-0.3, -0.25) is 0 Å². The smallest absolute Gasteiger partial charge is 0.186 e. The molecular weight excluding hydrogens is 274 g/mol. The highest BCUT2D eigenvalue weighted by molar-refractivity contribution is 5.47. The molecule has 2 aromatic rings. The highest BCUT2D eigenvalue weighted by Gasteiger charge is 2.37. The molecule has 3 rings (SSSR count). The van der Waals surface area contributed by atoms with Gasteiger partial charge in [-0.15, -0.1) is 0 Å². The Morgan fingerprint density at radius 2 is 1.55 bits per heavy atom. The van der Waals surface area contributed by atoms with Gasteiger partial charge in [0.25, 0.3) is 0 Å². The second kappa shape index (κ2) is 6.11. The Labute approximate surface area is 132 Å². The highest BCUT2D eigenvalue weighted by Crippen LogP contribution is 2.39. The molecule has 1 heterocycles. The lowest BCUT2D eigenvalue weighted by molar-refractivity contribution is -0.176. The number of para-hydroxylation sites is 1. The molecule has 0 radical (unpaired) electrons. The normalized spacial score (nSPS) is 22.0. The van der Waals surface area contributed by atoms with E-state index in [4.69, 9.17) is 9.57 Å². The van der Waals surface area contributed by atoms with Crippen molar-refractivity contribution >= 4 is 5.69 Å². The van der Waals surface area contributed by atoms with Gasteiger partial charge in [0, 0.05) is 6.42 Å². The van der Waals surface area contributed by atoms with Crippen molar-refractivity contribution in [3.05, 3.63) is 66.2 Å². The lowest BCUT2D eigenvalue weighted by Gasteiger charge is -2.26. The number of nitrogens with zero attached hydrogens (tertiary/aromatic N) is 1. The van der Waals surface area contributed by atoms with Gasteiger partial charge in [0.2, 0.25) is 0 Å². The fourth-order valence-corrected chi connectivity index (χ4v) is 2.75. The Morgan fingerprint density at radius 1 is 0.955 bits per heavy atom. The average Bonchev–Trinajstić information content (AvgIpc) is 2.91. The van der Waals surface area contributed by atoms with Crippen molar-refractivity contribution in [2.75, 3.05) is 5.06 Å². The molecule has 0 aliphatic carbocycles. The van der Waals surface area contributed by atoms with Crippen molar-refractivity contribution in [2.45, 2.75) is 45.1 Å². The third kappa shape index (κ3) is 3.49. The Balaban J connectivity index is 1.87. The Bertz CT molecular complexity index is 544. The highest BCUT2D eigenvalue weighted by atomic mass is 16.8. The van der Waals surface area contributed by atoms with Crippen LogP contribution >= 0.6 is 0 Å². The molecule has 3 heteroatoms. The van der Waals surface area contributed by atoms with Crippen molar-refractivity contribution < 1.29 is 9.57 Å². The van der Waals surface area contributed by atoms with Crippen LogP contribution in [0, 0.1) is 0 Å². The molecule has 2 aromatic carbocycles. The molecule has 0 aromatic heterocycles. The summed E-state index contributed by atoms with van der Waals surface area (Å²) in [6.45, 7) is 6.16. The minimum absolute atomic E-state index is 0.163. The van der Waals surface area contributed by atoms with Gasteiger partial charge in [-0.2, -0.15) is 0 Å². The summed E-state index contributed by atoms with van der Waals surface area (Å²) in [5, 5.41) is 1.98. The third-order valence-corrected chi connectivity index (χ3v) is 3.61. The van der Waals surface area contributed by atoms with E-state index in [1.54, 1.807) is 0 Å². The van der Waals surface area contributed by atoms with Crippen LogP contribution in [0.4, 0.5) is 5.69 Å². The molecule has 0 saturated carbocycles. The second-order valence-corrected chi connectivity index (χ2v) is 6.59. The van der Waals surface area contributed by atoms with Crippen LogP contribution in [0.2, 0.25) is 0 Å². The molecule has 1 aliphatic heterocycles. The summed E-state index contributed by atoms with van der Waals surface area (Å²) < 4.78 is 6.04. The predicted molar refractivity (Wildman–Crippen MR) is 88.4 cm³/mol. The molecule has 0 bridgehead atoms. The van der Waals surface area contributed by atoms with Crippen LogP contribution < -0.4 is 5.06 Å². The maximum atomic E-state index is 6.10. The SMILES string of the molecule is CC(C)(C)O[C@H]1C[C@@H](c2ccccc2)N(c2ccccc2)O1. The maximum Gasteiger partial charge on any atom is 0.186 e. The van der Waals surface area contributed by atoms with Gasteiger partial charge in [0.1, 0.15) is 0 Å². The zero-order chi connectivity index (χ0) is 15.6. The van der Waals surface area contributed by atoms with E-state index in [0.717, 1.165) is 12.1 Å². The van der Waals surface area contributed by atoms with E-state index in [9.17, 15) is 0 Å². The Kier molecular flexibility index (Phi) is 4.19.